The highest BCUT2D eigenvalue weighted by Gasteiger charge is 2.34. The molecule has 166 valence electrons. The summed E-state index contributed by atoms with van der Waals surface area (Å²) >= 11 is 12.3. The monoisotopic (exact) mass is 461 g/mol. The number of rotatable bonds is 7. The van der Waals surface area contributed by atoms with E-state index in [4.69, 9.17) is 27.9 Å². The second kappa shape index (κ2) is 9.64. The third kappa shape index (κ3) is 5.43. The molecule has 0 atom stereocenters. The zero-order valence-corrected chi connectivity index (χ0v) is 20.1. The molecule has 1 N–H and O–H groups in total. The maximum atomic E-state index is 13.1. The highest BCUT2D eigenvalue weighted by molar-refractivity contribution is 6.35. The number of Topliss-reactive ketones (excluding diaryl/α,β-unsaturated/α-hetero) is 1. The molecule has 1 aliphatic rings. The molecule has 0 spiro atoms. The van der Waals surface area contributed by atoms with Gasteiger partial charge < -0.3 is 9.84 Å². The first-order chi connectivity index (χ1) is 14.6. The lowest BCUT2D eigenvalue weighted by Gasteiger charge is -2.27. The lowest BCUT2D eigenvalue weighted by molar-refractivity contribution is 0.101. The number of carbonyl (C=O) groups is 1. The third-order valence-electron chi connectivity index (χ3n) is 5.10. The molecule has 0 bridgehead atoms. The smallest absolute Gasteiger partial charge is 0.232 e. The summed E-state index contributed by atoms with van der Waals surface area (Å²) in [5.74, 6) is 1.52. The van der Waals surface area contributed by atoms with E-state index in [0.29, 0.717) is 56.4 Å². The lowest BCUT2D eigenvalue weighted by atomic mass is 9.98. The van der Waals surface area contributed by atoms with E-state index >= 15 is 0 Å². The number of halogens is 2. The highest BCUT2D eigenvalue weighted by Crippen LogP contribution is 2.42. The number of aromatic hydroxyl groups is 1. The van der Waals surface area contributed by atoms with Gasteiger partial charge >= 0.3 is 0 Å². The fourth-order valence-electron chi connectivity index (χ4n) is 3.95. The Kier molecular flexibility index (Phi) is 7.35. The van der Waals surface area contributed by atoms with Crippen LogP contribution in [0.5, 0.6) is 11.5 Å². The molecule has 0 saturated heterocycles. The topological polar surface area (TPSA) is 49.8 Å². The Bertz CT molecular complexity index is 1020. The molecule has 4 nitrogen and oxygen atoms in total. The van der Waals surface area contributed by atoms with E-state index in [2.05, 4.69) is 32.6 Å². The van der Waals surface area contributed by atoms with Crippen LogP contribution in [0.4, 0.5) is 0 Å². The predicted molar refractivity (Wildman–Crippen MR) is 127 cm³/mol. The van der Waals surface area contributed by atoms with Crippen molar-refractivity contribution in [2.45, 2.75) is 41.2 Å². The first kappa shape index (κ1) is 23.6. The Morgan fingerprint density at radius 2 is 1.74 bits per heavy atom. The molecule has 1 heterocycles. The van der Waals surface area contributed by atoms with Crippen molar-refractivity contribution in [2.24, 2.45) is 11.8 Å². The number of aryl methyl sites for hydroxylation is 1. The van der Waals surface area contributed by atoms with Crippen LogP contribution in [0.25, 0.3) is 6.08 Å². The molecule has 0 fully saturated rings. The van der Waals surface area contributed by atoms with Crippen LogP contribution < -0.4 is 4.74 Å². The van der Waals surface area contributed by atoms with Gasteiger partial charge in [-0.1, -0.05) is 57.0 Å². The second-order valence-corrected chi connectivity index (χ2v) is 9.83. The first-order valence-electron chi connectivity index (χ1n) is 10.5. The van der Waals surface area contributed by atoms with Crippen LogP contribution in [0.15, 0.2) is 30.0 Å². The zero-order chi connectivity index (χ0) is 22.9. The van der Waals surface area contributed by atoms with Gasteiger partial charge in [0.25, 0.3) is 0 Å². The van der Waals surface area contributed by atoms with Gasteiger partial charge in [-0.25, -0.2) is 0 Å². The van der Waals surface area contributed by atoms with Crippen molar-refractivity contribution in [2.75, 3.05) is 13.1 Å². The Morgan fingerprint density at radius 1 is 1.10 bits per heavy atom. The number of fused-ring (bicyclic) bond motifs is 1. The number of phenolic OH excluding ortho intramolecular Hbond substituents is 1. The molecule has 1 aliphatic heterocycles. The molecule has 0 unspecified atom stereocenters. The molecule has 2 aromatic carbocycles. The van der Waals surface area contributed by atoms with Gasteiger partial charge in [0.2, 0.25) is 5.78 Å². The normalized spacial score (nSPS) is 14.8. The maximum Gasteiger partial charge on any atom is 0.232 e. The second-order valence-electron chi connectivity index (χ2n) is 8.98. The molecule has 2 aromatic rings. The lowest BCUT2D eigenvalue weighted by Crippen LogP contribution is -2.31. The molecule has 3 rings (SSSR count). The van der Waals surface area contributed by atoms with E-state index in [1.807, 2.05) is 6.92 Å². The molecule has 6 heteroatoms. The average Bonchev–Trinajstić information content (AvgIpc) is 2.96. The summed E-state index contributed by atoms with van der Waals surface area (Å²) in [6, 6.07) is 6.73. The number of ether oxygens (including phenoxy) is 1. The van der Waals surface area contributed by atoms with Gasteiger partial charge in [0, 0.05) is 29.7 Å². The Balaban J connectivity index is 2.01. The van der Waals surface area contributed by atoms with Crippen molar-refractivity contribution < 1.29 is 14.6 Å². The zero-order valence-electron chi connectivity index (χ0n) is 18.6. The van der Waals surface area contributed by atoms with Crippen molar-refractivity contribution in [3.05, 3.63) is 62.3 Å². The molecular weight excluding hydrogens is 433 g/mol. The Morgan fingerprint density at radius 3 is 2.32 bits per heavy atom. The van der Waals surface area contributed by atoms with Gasteiger partial charge in [-0.05, 0) is 54.2 Å². The molecule has 0 aliphatic carbocycles. The first-order valence-corrected chi connectivity index (χ1v) is 11.3. The molecule has 0 aromatic heterocycles. The highest BCUT2D eigenvalue weighted by atomic mass is 35.5. The quantitative estimate of drug-likeness (QED) is 0.463. The maximum absolute atomic E-state index is 13.1. The van der Waals surface area contributed by atoms with Gasteiger partial charge in [0.15, 0.2) is 5.76 Å². The van der Waals surface area contributed by atoms with Crippen LogP contribution in [0, 0.1) is 18.8 Å². The van der Waals surface area contributed by atoms with E-state index in [-0.39, 0.29) is 17.3 Å². The van der Waals surface area contributed by atoms with E-state index in [1.54, 1.807) is 30.3 Å². The van der Waals surface area contributed by atoms with Gasteiger partial charge in [0.05, 0.1) is 11.1 Å². The Hall–Kier alpha value is -2.01. The van der Waals surface area contributed by atoms with E-state index in [9.17, 15) is 9.90 Å². The van der Waals surface area contributed by atoms with E-state index < -0.39 is 0 Å². The summed E-state index contributed by atoms with van der Waals surface area (Å²) in [7, 11) is 0. The number of hydrogen-bond donors (Lipinski definition) is 1. The third-order valence-corrected chi connectivity index (χ3v) is 5.66. The molecular formula is C25H29Cl2NO3. The van der Waals surface area contributed by atoms with Crippen LogP contribution >= 0.6 is 23.2 Å². The minimum Gasteiger partial charge on any atom is -0.507 e. The largest absolute Gasteiger partial charge is 0.507 e. The van der Waals surface area contributed by atoms with E-state index in [0.717, 1.165) is 13.1 Å². The number of hydrogen-bond acceptors (Lipinski definition) is 4. The van der Waals surface area contributed by atoms with Gasteiger partial charge in [-0.15, -0.1) is 0 Å². The number of carbonyl (C=O) groups excluding carboxylic acids is 1. The summed E-state index contributed by atoms with van der Waals surface area (Å²) < 4.78 is 6.05. The summed E-state index contributed by atoms with van der Waals surface area (Å²) in [6.07, 6.45) is 1.63. The summed E-state index contributed by atoms with van der Waals surface area (Å²) in [5, 5.41) is 11.7. The molecule has 0 radical (unpaired) electrons. The van der Waals surface area contributed by atoms with Gasteiger partial charge in [0.1, 0.15) is 11.5 Å². The number of ketones is 1. The predicted octanol–water partition coefficient (Wildman–Crippen LogP) is 6.74. The van der Waals surface area contributed by atoms with Crippen LogP contribution in [0.1, 0.15) is 54.7 Å². The number of benzene rings is 2. The SMILES string of the molecule is Cc1cc(O)c(CN(CC(C)C)CC(C)C)c2c1C(=O)/C(=C\c1ccc(Cl)cc1Cl)O2. The molecule has 0 amide bonds. The van der Waals surface area contributed by atoms with Crippen molar-refractivity contribution >= 4 is 35.1 Å². The van der Waals surface area contributed by atoms with Crippen LogP contribution in [0.3, 0.4) is 0 Å². The van der Waals surface area contributed by atoms with Crippen molar-refractivity contribution in [1.82, 2.24) is 4.90 Å². The summed E-state index contributed by atoms with van der Waals surface area (Å²) in [4.78, 5) is 15.4. The Labute approximate surface area is 194 Å². The van der Waals surface area contributed by atoms with E-state index in [1.165, 1.54) is 0 Å². The summed E-state index contributed by atoms with van der Waals surface area (Å²) in [5.41, 5.74) is 2.47. The van der Waals surface area contributed by atoms with Crippen molar-refractivity contribution in [1.29, 1.82) is 0 Å². The van der Waals surface area contributed by atoms with Crippen LogP contribution in [-0.2, 0) is 6.54 Å². The molecule has 0 saturated carbocycles. The van der Waals surface area contributed by atoms with Crippen LogP contribution in [-0.4, -0.2) is 28.9 Å². The minimum atomic E-state index is -0.209. The average molecular weight is 462 g/mol. The minimum absolute atomic E-state index is 0.146. The fourth-order valence-corrected chi connectivity index (χ4v) is 4.42. The standard InChI is InChI=1S/C25H29Cl2NO3/c1-14(2)11-28(12-15(3)4)13-19-21(29)8-16(5)23-24(30)22(31-25(19)23)9-17-6-7-18(26)10-20(17)27/h6-10,14-15,29H,11-13H2,1-5H3/b22-9+. The number of allylic oxidation sites excluding steroid dienone is 1. The van der Waals surface area contributed by atoms with Gasteiger partial charge in [-0.2, -0.15) is 0 Å². The fraction of sp³-hybridized carbons (Fsp3) is 0.400. The van der Waals surface area contributed by atoms with Crippen molar-refractivity contribution in [3.63, 3.8) is 0 Å². The number of nitrogens with zero attached hydrogens (tertiary/aromatic N) is 1. The number of phenols is 1. The summed E-state index contributed by atoms with van der Waals surface area (Å²) in [6.45, 7) is 12.8. The molecule has 31 heavy (non-hydrogen) atoms. The van der Waals surface area contributed by atoms with Gasteiger partial charge in [-0.3, -0.25) is 9.69 Å². The van der Waals surface area contributed by atoms with Crippen molar-refractivity contribution in [3.8, 4) is 11.5 Å². The van der Waals surface area contributed by atoms with Crippen LogP contribution in [0.2, 0.25) is 10.0 Å².